The molecular weight excluding hydrogens is 400 g/mol. The number of anilines is 2. The van der Waals surface area contributed by atoms with Crippen molar-refractivity contribution in [3.05, 3.63) is 65.2 Å². The molecule has 156 valence electrons. The number of aryl methyl sites for hydroxylation is 1. The van der Waals surface area contributed by atoms with Crippen molar-refractivity contribution in [1.29, 1.82) is 0 Å². The number of amides is 1. The van der Waals surface area contributed by atoms with Gasteiger partial charge in [-0.3, -0.25) is 4.79 Å². The lowest BCUT2D eigenvalue weighted by Crippen LogP contribution is -3.15. The summed E-state index contributed by atoms with van der Waals surface area (Å²) in [4.78, 5) is 20.4. The molecule has 1 fully saturated rings. The van der Waals surface area contributed by atoms with Gasteiger partial charge in [0.05, 0.1) is 37.6 Å². The zero-order valence-electron chi connectivity index (χ0n) is 17.2. The van der Waals surface area contributed by atoms with E-state index in [4.69, 9.17) is 11.6 Å². The number of nitrogens with one attached hydrogen (secondary N) is 2. The van der Waals surface area contributed by atoms with Crippen molar-refractivity contribution >= 4 is 28.9 Å². The number of quaternary nitrogens is 1. The first-order valence-corrected chi connectivity index (χ1v) is 10.5. The van der Waals surface area contributed by atoms with E-state index >= 15 is 0 Å². The van der Waals surface area contributed by atoms with Crippen LogP contribution in [-0.4, -0.2) is 53.4 Å². The fraction of sp³-hybridized carbons (Fsp3) is 0.318. The van der Waals surface area contributed by atoms with Gasteiger partial charge in [0.2, 0.25) is 0 Å². The Morgan fingerprint density at radius 3 is 2.70 bits per heavy atom. The van der Waals surface area contributed by atoms with E-state index in [0.717, 1.165) is 31.9 Å². The lowest BCUT2D eigenvalue weighted by molar-refractivity contribution is -0.892. The fourth-order valence-electron chi connectivity index (χ4n) is 3.88. The largest absolute Gasteiger partial charge is 0.360 e. The molecule has 0 radical (unpaired) electrons. The highest BCUT2D eigenvalue weighted by atomic mass is 35.5. The Bertz CT molecular complexity index is 1030. The van der Waals surface area contributed by atoms with Gasteiger partial charge in [-0.15, -0.1) is 0 Å². The van der Waals surface area contributed by atoms with Crippen molar-refractivity contribution in [3.63, 3.8) is 0 Å². The van der Waals surface area contributed by atoms with E-state index < -0.39 is 0 Å². The average molecular weight is 426 g/mol. The fourth-order valence-corrected chi connectivity index (χ4v) is 4.05. The predicted molar refractivity (Wildman–Crippen MR) is 119 cm³/mol. The van der Waals surface area contributed by atoms with Crippen molar-refractivity contribution in [2.75, 3.05) is 42.9 Å². The SMILES string of the molecule is Cc1cccc(N2CC[NH+](CC(=O)Nc3cc(Cl)ccc3-n3cncn3)CC2)c1C. The first-order valence-electron chi connectivity index (χ1n) is 10.1. The number of aromatic nitrogens is 3. The quantitative estimate of drug-likeness (QED) is 0.655. The minimum absolute atomic E-state index is 0.0335. The molecule has 8 heteroatoms. The number of piperazine rings is 1. The summed E-state index contributed by atoms with van der Waals surface area (Å²) in [6.45, 7) is 8.47. The van der Waals surface area contributed by atoms with Gasteiger partial charge < -0.3 is 15.1 Å². The van der Waals surface area contributed by atoms with Crippen LogP contribution in [0.15, 0.2) is 49.1 Å². The van der Waals surface area contributed by atoms with Gasteiger partial charge in [-0.1, -0.05) is 23.7 Å². The predicted octanol–water partition coefficient (Wildman–Crippen LogP) is 1.88. The Morgan fingerprint density at radius 1 is 1.17 bits per heavy atom. The lowest BCUT2D eigenvalue weighted by Gasteiger charge is -2.34. The van der Waals surface area contributed by atoms with Crippen LogP contribution in [0.5, 0.6) is 0 Å². The second-order valence-electron chi connectivity index (χ2n) is 7.68. The molecular formula is C22H26ClN6O+. The van der Waals surface area contributed by atoms with Gasteiger partial charge in [-0.25, -0.2) is 9.67 Å². The van der Waals surface area contributed by atoms with E-state index in [1.165, 1.54) is 28.0 Å². The van der Waals surface area contributed by atoms with E-state index in [0.29, 0.717) is 17.3 Å². The highest BCUT2D eigenvalue weighted by molar-refractivity contribution is 6.31. The minimum atomic E-state index is -0.0335. The molecule has 4 rings (SSSR count). The summed E-state index contributed by atoms with van der Waals surface area (Å²) in [6, 6.07) is 11.8. The molecule has 0 bridgehead atoms. The van der Waals surface area contributed by atoms with Crippen LogP contribution in [0.4, 0.5) is 11.4 Å². The van der Waals surface area contributed by atoms with Gasteiger partial charge in [0.15, 0.2) is 6.54 Å². The van der Waals surface area contributed by atoms with Gasteiger partial charge in [0.25, 0.3) is 5.91 Å². The van der Waals surface area contributed by atoms with Crippen molar-refractivity contribution in [2.24, 2.45) is 0 Å². The van der Waals surface area contributed by atoms with Gasteiger partial charge in [0, 0.05) is 10.7 Å². The zero-order chi connectivity index (χ0) is 21.1. The van der Waals surface area contributed by atoms with Crippen LogP contribution in [0.1, 0.15) is 11.1 Å². The normalized spacial score (nSPS) is 14.7. The van der Waals surface area contributed by atoms with Gasteiger partial charge in [-0.2, -0.15) is 5.10 Å². The van der Waals surface area contributed by atoms with Crippen LogP contribution < -0.4 is 15.1 Å². The molecule has 2 N–H and O–H groups in total. The highest BCUT2D eigenvalue weighted by Gasteiger charge is 2.24. The monoisotopic (exact) mass is 425 g/mol. The van der Waals surface area contributed by atoms with E-state index in [-0.39, 0.29) is 5.91 Å². The molecule has 2 heterocycles. The third-order valence-corrected chi connectivity index (χ3v) is 5.93. The van der Waals surface area contributed by atoms with Crippen molar-refractivity contribution in [2.45, 2.75) is 13.8 Å². The van der Waals surface area contributed by atoms with Crippen molar-refractivity contribution in [1.82, 2.24) is 14.8 Å². The smallest absolute Gasteiger partial charge is 0.279 e. The van der Waals surface area contributed by atoms with Gasteiger partial charge in [0.1, 0.15) is 12.7 Å². The topological polar surface area (TPSA) is 67.5 Å². The van der Waals surface area contributed by atoms with Crippen LogP contribution in [0, 0.1) is 13.8 Å². The third-order valence-electron chi connectivity index (χ3n) is 5.70. The third kappa shape index (κ3) is 4.47. The summed E-state index contributed by atoms with van der Waals surface area (Å²) >= 11 is 6.14. The van der Waals surface area contributed by atoms with Crippen LogP contribution >= 0.6 is 11.6 Å². The van der Waals surface area contributed by atoms with Crippen LogP contribution in [0.2, 0.25) is 5.02 Å². The summed E-state index contributed by atoms with van der Waals surface area (Å²) in [5.41, 5.74) is 5.31. The molecule has 1 saturated heterocycles. The first kappa shape index (κ1) is 20.4. The summed E-state index contributed by atoms with van der Waals surface area (Å²) in [6.07, 6.45) is 3.05. The Hall–Kier alpha value is -2.90. The molecule has 1 aromatic heterocycles. The second kappa shape index (κ2) is 8.85. The maximum atomic E-state index is 12.7. The Labute approximate surface area is 181 Å². The maximum Gasteiger partial charge on any atom is 0.279 e. The van der Waals surface area contributed by atoms with Gasteiger partial charge in [-0.05, 0) is 49.2 Å². The second-order valence-corrected chi connectivity index (χ2v) is 8.12. The summed E-state index contributed by atoms with van der Waals surface area (Å²) in [7, 11) is 0. The number of halogens is 1. The number of hydrogen-bond donors (Lipinski definition) is 2. The summed E-state index contributed by atoms with van der Waals surface area (Å²) in [5.74, 6) is -0.0335. The molecule has 7 nitrogen and oxygen atoms in total. The van der Waals surface area contributed by atoms with Gasteiger partial charge >= 0.3 is 0 Å². The standard InChI is InChI=1S/C22H25ClN6O/c1-16-4-3-5-20(17(16)2)28-10-8-27(9-11-28)13-22(30)26-19-12-18(23)6-7-21(19)29-15-24-14-25-29/h3-7,12,14-15H,8-11,13H2,1-2H3,(H,26,30)/p+1. The number of hydrogen-bond acceptors (Lipinski definition) is 4. The molecule has 3 aromatic rings. The molecule has 0 spiro atoms. The van der Waals surface area contributed by atoms with E-state index in [1.54, 1.807) is 23.1 Å². The van der Waals surface area contributed by atoms with Crippen molar-refractivity contribution < 1.29 is 9.69 Å². The Balaban J connectivity index is 1.37. The number of rotatable bonds is 5. The van der Waals surface area contributed by atoms with Crippen LogP contribution in [-0.2, 0) is 4.79 Å². The number of nitrogens with zero attached hydrogens (tertiary/aromatic N) is 4. The number of carbonyl (C=O) groups is 1. The van der Waals surface area contributed by atoms with E-state index in [9.17, 15) is 4.79 Å². The molecule has 0 atom stereocenters. The first-order chi connectivity index (χ1) is 14.5. The molecule has 0 saturated carbocycles. The summed E-state index contributed by atoms with van der Waals surface area (Å²) < 4.78 is 1.61. The lowest BCUT2D eigenvalue weighted by atomic mass is 10.1. The number of benzene rings is 2. The zero-order valence-corrected chi connectivity index (χ0v) is 18.0. The highest BCUT2D eigenvalue weighted by Crippen LogP contribution is 2.24. The van der Waals surface area contributed by atoms with Crippen molar-refractivity contribution in [3.8, 4) is 5.69 Å². The average Bonchev–Trinajstić information content (AvgIpc) is 3.25. The molecule has 30 heavy (non-hydrogen) atoms. The molecule has 1 amide bonds. The van der Waals surface area contributed by atoms with E-state index in [1.807, 2.05) is 6.07 Å². The Kier molecular flexibility index (Phi) is 6.01. The molecule has 0 unspecified atom stereocenters. The molecule has 1 aliphatic heterocycles. The van der Waals surface area contributed by atoms with Crippen LogP contribution in [0.25, 0.3) is 5.69 Å². The summed E-state index contributed by atoms with van der Waals surface area (Å²) in [5, 5.41) is 7.71. The molecule has 1 aliphatic rings. The van der Waals surface area contributed by atoms with E-state index in [2.05, 4.69) is 52.3 Å². The van der Waals surface area contributed by atoms with Crippen LogP contribution in [0.3, 0.4) is 0 Å². The maximum absolute atomic E-state index is 12.7. The number of carbonyl (C=O) groups excluding carboxylic acids is 1. The molecule has 0 aliphatic carbocycles. The molecule has 2 aromatic carbocycles. The Morgan fingerprint density at radius 2 is 1.97 bits per heavy atom. The minimum Gasteiger partial charge on any atom is -0.360 e.